The Labute approximate surface area is 112 Å². The Morgan fingerprint density at radius 3 is 2.53 bits per heavy atom. The van der Waals surface area contributed by atoms with Gasteiger partial charge >= 0.3 is 5.97 Å². The maximum atomic E-state index is 12.1. The zero-order chi connectivity index (χ0) is 13.8. The van der Waals surface area contributed by atoms with Crippen LogP contribution in [0.2, 0.25) is 0 Å². The SMILES string of the molecule is CCOC(=O)C(c1ccc(C)cc1)c1n[nH]c(C)n1. The van der Waals surface area contributed by atoms with E-state index in [0.29, 0.717) is 18.3 Å². The number of nitrogens with zero attached hydrogens (tertiary/aromatic N) is 2. The van der Waals surface area contributed by atoms with Crippen molar-refractivity contribution in [1.82, 2.24) is 15.2 Å². The number of aryl methyl sites for hydroxylation is 2. The third kappa shape index (κ3) is 2.99. The number of carbonyl (C=O) groups excluding carboxylic acids is 1. The second kappa shape index (κ2) is 5.65. The molecule has 0 saturated carbocycles. The first-order valence-corrected chi connectivity index (χ1v) is 6.24. The Hall–Kier alpha value is -2.17. The van der Waals surface area contributed by atoms with Crippen LogP contribution in [0.3, 0.4) is 0 Å². The van der Waals surface area contributed by atoms with Crippen LogP contribution in [-0.4, -0.2) is 27.8 Å². The Bertz CT molecular complexity index is 560. The second-order valence-corrected chi connectivity index (χ2v) is 4.37. The van der Waals surface area contributed by atoms with Gasteiger partial charge in [-0.2, -0.15) is 5.10 Å². The molecule has 1 unspecified atom stereocenters. The number of hydrogen-bond acceptors (Lipinski definition) is 4. The van der Waals surface area contributed by atoms with Gasteiger partial charge in [0.1, 0.15) is 11.7 Å². The molecule has 2 rings (SSSR count). The van der Waals surface area contributed by atoms with Crippen LogP contribution >= 0.6 is 0 Å². The molecule has 0 aliphatic heterocycles. The highest BCUT2D eigenvalue weighted by molar-refractivity contribution is 5.81. The Kier molecular flexibility index (Phi) is 3.94. The monoisotopic (exact) mass is 259 g/mol. The lowest BCUT2D eigenvalue weighted by Crippen LogP contribution is -2.18. The molecule has 1 aromatic carbocycles. The molecule has 0 aliphatic rings. The van der Waals surface area contributed by atoms with Crippen LogP contribution in [0, 0.1) is 13.8 Å². The molecule has 0 saturated heterocycles. The molecule has 2 aromatic rings. The zero-order valence-corrected chi connectivity index (χ0v) is 11.3. The third-order valence-electron chi connectivity index (χ3n) is 2.81. The highest BCUT2D eigenvalue weighted by atomic mass is 16.5. The first-order chi connectivity index (χ1) is 9.11. The predicted octanol–water partition coefficient (Wildman–Crippen LogP) is 2.12. The average Bonchev–Trinajstić information content (AvgIpc) is 2.79. The van der Waals surface area contributed by atoms with Gasteiger partial charge in [0, 0.05) is 0 Å². The number of benzene rings is 1. The number of nitrogens with one attached hydrogen (secondary N) is 1. The molecule has 0 spiro atoms. The summed E-state index contributed by atoms with van der Waals surface area (Å²) in [4.78, 5) is 16.4. The van der Waals surface area contributed by atoms with Crippen LogP contribution in [-0.2, 0) is 9.53 Å². The van der Waals surface area contributed by atoms with Crippen molar-refractivity contribution in [3.63, 3.8) is 0 Å². The largest absolute Gasteiger partial charge is 0.465 e. The smallest absolute Gasteiger partial charge is 0.321 e. The van der Waals surface area contributed by atoms with E-state index in [-0.39, 0.29) is 5.97 Å². The molecule has 0 bridgehead atoms. The van der Waals surface area contributed by atoms with Gasteiger partial charge in [-0.3, -0.25) is 9.89 Å². The predicted molar refractivity (Wildman–Crippen MR) is 70.8 cm³/mol. The fraction of sp³-hybridized carbons (Fsp3) is 0.357. The topological polar surface area (TPSA) is 67.9 Å². The summed E-state index contributed by atoms with van der Waals surface area (Å²) in [7, 11) is 0. The van der Waals surface area contributed by atoms with E-state index >= 15 is 0 Å². The van der Waals surface area contributed by atoms with Crippen LogP contribution in [0.25, 0.3) is 0 Å². The molecule has 0 fully saturated rings. The minimum atomic E-state index is -0.578. The summed E-state index contributed by atoms with van der Waals surface area (Å²) in [5, 5.41) is 6.84. The van der Waals surface area contributed by atoms with E-state index in [1.54, 1.807) is 13.8 Å². The molecule has 1 heterocycles. The van der Waals surface area contributed by atoms with E-state index < -0.39 is 5.92 Å². The molecular weight excluding hydrogens is 242 g/mol. The highest BCUT2D eigenvalue weighted by Crippen LogP contribution is 2.23. The fourth-order valence-corrected chi connectivity index (χ4v) is 1.86. The Morgan fingerprint density at radius 2 is 2.00 bits per heavy atom. The fourth-order valence-electron chi connectivity index (χ4n) is 1.86. The minimum absolute atomic E-state index is 0.328. The Morgan fingerprint density at radius 1 is 1.32 bits per heavy atom. The first-order valence-electron chi connectivity index (χ1n) is 6.24. The van der Waals surface area contributed by atoms with Gasteiger partial charge in [0.05, 0.1) is 6.61 Å². The first kappa shape index (κ1) is 13.3. The maximum absolute atomic E-state index is 12.1. The molecule has 100 valence electrons. The number of ether oxygens (including phenoxy) is 1. The van der Waals surface area contributed by atoms with Crippen LogP contribution < -0.4 is 0 Å². The summed E-state index contributed by atoms with van der Waals surface area (Å²) in [5.41, 5.74) is 1.97. The van der Waals surface area contributed by atoms with Crippen LogP contribution in [0.15, 0.2) is 24.3 Å². The molecule has 1 aromatic heterocycles. The van der Waals surface area contributed by atoms with Gasteiger partial charge in [-0.15, -0.1) is 0 Å². The van der Waals surface area contributed by atoms with E-state index in [1.165, 1.54) is 0 Å². The van der Waals surface area contributed by atoms with E-state index in [2.05, 4.69) is 15.2 Å². The standard InChI is InChI=1S/C14H17N3O2/c1-4-19-14(18)12(13-15-10(3)16-17-13)11-7-5-9(2)6-8-11/h5-8,12H,4H2,1-3H3,(H,15,16,17). The van der Waals surface area contributed by atoms with Crippen molar-refractivity contribution in [1.29, 1.82) is 0 Å². The number of aromatic amines is 1. The van der Waals surface area contributed by atoms with Gasteiger partial charge in [0.25, 0.3) is 0 Å². The molecule has 0 aliphatic carbocycles. The molecular formula is C14H17N3O2. The minimum Gasteiger partial charge on any atom is -0.465 e. The molecule has 19 heavy (non-hydrogen) atoms. The summed E-state index contributed by atoms with van der Waals surface area (Å²) in [6.45, 7) is 5.92. The lowest BCUT2D eigenvalue weighted by atomic mass is 9.97. The highest BCUT2D eigenvalue weighted by Gasteiger charge is 2.27. The number of esters is 1. The van der Waals surface area contributed by atoms with Gasteiger partial charge in [-0.1, -0.05) is 29.8 Å². The van der Waals surface area contributed by atoms with E-state index in [1.807, 2.05) is 31.2 Å². The summed E-state index contributed by atoms with van der Waals surface area (Å²) in [6, 6.07) is 7.73. The molecule has 0 amide bonds. The number of rotatable bonds is 4. The van der Waals surface area contributed by atoms with E-state index in [9.17, 15) is 4.79 Å². The summed E-state index contributed by atoms with van der Waals surface area (Å²) >= 11 is 0. The zero-order valence-electron chi connectivity index (χ0n) is 11.3. The van der Waals surface area contributed by atoms with Gasteiger partial charge in [-0.05, 0) is 26.3 Å². The summed E-state index contributed by atoms with van der Waals surface area (Å²) in [6.07, 6.45) is 0. The van der Waals surface area contributed by atoms with Crippen LogP contribution in [0.4, 0.5) is 0 Å². The third-order valence-corrected chi connectivity index (χ3v) is 2.81. The van der Waals surface area contributed by atoms with Crippen molar-refractivity contribution in [3.8, 4) is 0 Å². The van der Waals surface area contributed by atoms with Crippen LogP contribution in [0.5, 0.6) is 0 Å². The second-order valence-electron chi connectivity index (χ2n) is 4.37. The number of H-pyrrole nitrogens is 1. The lowest BCUT2D eigenvalue weighted by molar-refractivity contribution is -0.144. The van der Waals surface area contributed by atoms with Crippen molar-refractivity contribution < 1.29 is 9.53 Å². The van der Waals surface area contributed by atoms with Crippen molar-refractivity contribution in [2.24, 2.45) is 0 Å². The number of carbonyl (C=O) groups is 1. The van der Waals surface area contributed by atoms with Gasteiger partial charge in [-0.25, -0.2) is 4.98 Å². The van der Waals surface area contributed by atoms with E-state index in [4.69, 9.17) is 4.74 Å². The van der Waals surface area contributed by atoms with Gasteiger partial charge in [0.15, 0.2) is 5.82 Å². The van der Waals surface area contributed by atoms with Gasteiger partial charge < -0.3 is 4.74 Å². The summed E-state index contributed by atoms with van der Waals surface area (Å²) in [5.74, 6) is 0.215. The average molecular weight is 259 g/mol. The molecule has 5 heteroatoms. The van der Waals surface area contributed by atoms with Crippen molar-refractivity contribution >= 4 is 5.97 Å². The van der Waals surface area contributed by atoms with Gasteiger partial charge in [0.2, 0.25) is 0 Å². The molecule has 1 N–H and O–H groups in total. The van der Waals surface area contributed by atoms with Crippen LogP contribution in [0.1, 0.15) is 35.6 Å². The van der Waals surface area contributed by atoms with Crippen molar-refractivity contribution in [2.75, 3.05) is 6.61 Å². The molecule has 5 nitrogen and oxygen atoms in total. The molecule has 1 atom stereocenters. The lowest BCUT2D eigenvalue weighted by Gasteiger charge is -2.13. The van der Waals surface area contributed by atoms with Crippen molar-refractivity contribution in [3.05, 3.63) is 47.0 Å². The quantitative estimate of drug-likeness (QED) is 0.854. The Balaban J connectivity index is 2.39. The maximum Gasteiger partial charge on any atom is 0.321 e. The normalized spacial score (nSPS) is 12.2. The molecule has 0 radical (unpaired) electrons. The van der Waals surface area contributed by atoms with E-state index in [0.717, 1.165) is 11.1 Å². The van der Waals surface area contributed by atoms with Crippen molar-refractivity contribution in [2.45, 2.75) is 26.7 Å². The summed E-state index contributed by atoms with van der Waals surface area (Å²) < 4.78 is 5.12. The number of hydrogen-bond donors (Lipinski definition) is 1. The number of aromatic nitrogens is 3.